The Kier molecular flexibility index (Phi) is 7.60. The van der Waals surface area contributed by atoms with E-state index in [9.17, 15) is 9.90 Å². The van der Waals surface area contributed by atoms with Crippen LogP contribution in [0.4, 0.5) is 0 Å². The third-order valence-electron chi connectivity index (χ3n) is 3.95. The lowest BCUT2D eigenvalue weighted by atomic mass is 10.0. The Morgan fingerprint density at radius 2 is 1.68 bits per heavy atom. The zero-order chi connectivity index (χ0) is 18.1. The lowest BCUT2D eigenvalue weighted by molar-refractivity contribution is 0.103. The van der Waals surface area contributed by atoms with E-state index in [0.29, 0.717) is 36.6 Å². The Balaban J connectivity index is 1.90. The Bertz CT molecular complexity index is 643. The maximum atomic E-state index is 12.4. The molecule has 25 heavy (non-hydrogen) atoms. The maximum absolute atomic E-state index is 12.4. The van der Waals surface area contributed by atoms with Crippen LogP contribution in [0.1, 0.15) is 15.9 Å². The third-order valence-corrected chi connectivity index (χ3v) is 3.95. The van der Waals surface area contributed by atoms with E-state index in [1.807, 2.05) is 30.1 Å². The van der Waals surface area contributed by atoms with E-state index in [1.54, 1.807) is 36.4 Å². The molecule has 5 heteroatoms. The van der Waals surface area contributed by atoms with Gasteiger partial charge in [-0.25, -0.2) is 0 Å². The molecule has 0 aromatic heterocycles. The van der Waals surface area contributed by atoms with E-state index in [2.05, 4.69) is 0 Å². The molecule has 134 valence electrons. The van der Waals surface area contributed by atoms with Gasteiger partial charge in [-0.05, 0) is 31.3 Å². The molecule has 5 nitrogen and oxygen atoms in total. The van der Waals surface area contributed by atoms with Gasteiger partial charge in [-0.3, -0.25) is 4.79 Å². The molecular formula is C20H25NO4. The van der Waals surface area contributed by atoms with Crippen molar-refractivity contribution in [1.29, 1.82) is 0 Å². The van der Waals surface area contributed by atoms with Crippen molar-refractivity contribution in [2.24, 2.45) is 5.92 Å². The number of hydrogen-bond acceptors (Lipinski definition) is 5. The highest BCUT2D eigenvalue weighted by molar-refractivity contribution is 6.08. The van der Waals surface area contributed by atoms with E-state index in [4.69, 9.17) is 9.84 Å². The molecule has 2 aromatic carbocycles. The van der Waals surface area contributed by atoms with Gasteiger partial charge in [0.05, 0.1) is 19.8 Å². The second kappa shape index (κ2) is 9.93. The van der Waals surface area contributed by atoms with E-state index >= 15 is 0 Å². The smallest absolute Gasteiger partial charge is 0.193 e. The number of carbonyl (C=O) groups is 1. The molecule has 0 bridgehead atoms. The van der Waals surface area contributed by atoms with Crippen LogP contribution in [0.2, 0.25) is 0 Å². The van der Waals surface area contributed by atoms with Crippen LogP contribution < -0.4 is 4.74 Å². The van der Waals surface area contributed by atoms with Gasteiger partial charge >= 0.3 is 0 Å². The lowest BCUT2D eigenvalue weighted by Crippen LogP contribution is -2.33. The normalized spacial score (nSPS) is 12.2. The molecule has 0 radical (unpaired) electrons. The summed E-state index contributed by atoms with van der Waals surface area (Å²) in [5.74, 6) is 0.598. The number of aliphatic hydroxyl groups excluding tert-OH is 2. The highest BCUT2D eigenvalue weighted by Crippen LogP contribution is 2.16. The van der Waals surface area contributed by atoms with Crippen LogP contribution in [0.3, 0.4) is 0 Å². The van der Waals surface area contributed by atoms with Crippen molar-refractivity contribution >= 4 is 5.78 Å². The molecule has 2 N–H and O–H groups in total. The largest absolute Gasteiger partial charge is 0.493 e. The fourth-order valence-electron chi connectivity index (χ4n) is 2.54. The Morgan fingerprint density at radius 3 is 2.28 bits per heavy atom. The van der Waals surface area contributed by atoms with Crippen molar-refractivity contribution < 1.29 is 19.7 Å². The molecule has 0 aliphatic rings. The highest BCUT2D eigenvalue weighted by Gasteiger charge is 2.12. The van der Waals surface area contributed by atoms with Crippen molar-refractivity contribution in [3.8, 4) is 5.75 Å². The quantitative estimate of drug-likeness (QED) is 0.644. The number of hydrogen-bond donors (Lipinski definition) is 2. The first-order chi connectivity index (χ1) is 12.1. The summed E-state index contributed by atoms with van der Waals surface area (Å²) in [5.41, 5.74) is 1.27. The Labute approximate surface area is 148 Å². The minimum absolute atomic E-state index is 0.0142. The average Bonchev–Trinajstić information content (AvgIpc) is 2.66. The molecule has 2 aromatic rings. The zero-order valence-corrected chi connectivity index (χ0v) is 14.5. The maximum Gasteiger partial charge on any atom is 0.193 e. The van der Waals surface area contributed by atoms with Crippen LogP contribution in [-0.4, -0.2) is 60.9 Å². The average molecular weight is 343 g/mol. The summed E-state index contributed by atoms with van der Waals surface area (Å²) < 4.78 is 5.72. The number of aliphatic hydroxyl groups is 2. The number of rotatable bonds is 10. The summed E-state index contributed by atoms with van der Waals surface area (Å²) in [4.78, 5) is 14.3. The van der Waals surface area contributed by atoms with Crippen LogP contribution in [0.15, 0.2) is 54.6 Å². The van der Waals surface area contributed by atoms with Gasteiger partial charge in [-0.15, -0.1) is 0 Å². The van der Waals surface area contributed by atoms with Crippen molar-refractivity contribution in [2.75, 3.05) is 40.0 Å². The van der Waals surface area contributed by atoms with Crippen molar-refractivity contribution in [2.45, 2.75) is 0 Å². The molecule has 0 aliphatic carbocycles. The molecule has 1 unspecified atom stereocenters. The van der Waals surface area contributed by atoms with Crippen molar-refractivity contribution in [3.63, 3.8) is 0 Å². The fraction of sp³-hybridized carbons (Fsp3) is 0.350. The molecular weight excluding hydrogens is 318 g/mol. The van der Waals surface area contributed by atoms with Crippen LogP contribution in [-0.2, 0) is 0 Å². The molecule has 0 saturated carbocycles. The molecule has 2 rings (SSSR count). The topological polar surface area (TPSA) is 70.0 Å². The van der Waals surface area contributed by atoms with Crippen LogP contribution in [0, 0.1) is 5.92 Å². The molecule has 0 heterocycles. The standard InChI is InChI=1S/C20H25NO4/c1-21(11-12-22)13-16(14-23)15-25-19-9-7-18(8-10-19)20(24)17-5-3-2-4-6-17/h2-10,16,22-23H,11-15H2,1H3. The molecule has 0 spiro atoms. The van der Waals surface area contributed by atoms with Crippen LogP contribution in [0.25, 0.3) is 0 Å². The predicted molar refractivity (Wildman–Crippen MR) is 97.0 cm³/mol. The van der Waals surface area contributed by atoms with E-state index < -0.39 is 0 Å². The molecule has 0 aliphatic heterocycles. The van der Waals surface area contributed by atoms with Gasteiger partial charge < -0.3 is 19.8 Å². The van der Waals surface area contributed by atoms with Gasteiger partial charge in [-0.1, -0.05) is 30.3 Å². The number of ether oxygens (including phenoxy) is 1. The van der Waals surface area contributed by atoms with Gasteiger partial charge in [-0.2, -0.15) is 0 Å². The van der Waals surface area contributed by atoms with Crippen molar-refractivity contribution in [3.05, 3.63) is 65.7 Å². The minimum atomic E-state index is -0.0397. The monoisotopic (exact) mass is 343 g/mol. The second-order valence-electron chi connectivity index (χ2n) is 6.06. The summed E-state index contributed by atoms with van der Waals surface area (Å²) >= 11 is 0. The van der Waals surface area contributed by atoms with E-state index in [1.165, 1.54) is 0 Å². The molecule has 0 fully saturated rings. The summed E-state index contributed by atoms with van der Waals surface area (Å²) in [6.45, 7) is 1.68. The second-order valence-corrected chi connectivity index (χ2v) is 6.06. The van der Waals surface area contributed by atoms with Gasteiger partial charge in [0.2, 0.25) is 0 Å². The van der Waals surface area contributed by atoms with Crippen LogP contribution >= 0.6 is 0 Å². The van der Waals surface area contributed by atoms with Gasteiger partial charge in [0, 0.05) is 30.1 Å². The summed E-state index contributed by atoms with van der Waals surface area (Å²) in [7, 11) is 1.89. The first kappa shape index (κ1) is 19.1. The number of benzene rings is 2. The molecule has 0 amide bonds. The number of carbonyl (C=O) groups excluding carboxylic acids is 1. The summed E-state index contributed by atoms with van der Waals surface area (Å²) in [6.07, 6.45) is 0. The predicted octanol–water partition coefficient (Wildman–Crippen LogP) is 1.83. The highest BCUT2D eigenvalue weighted by atomic mass is 16.5. The summed E-state index contributed by atoms with van der Waals surface area (Å²) in [5, 5.41) is 18.4. The van der Waals surface area contributed by atoms with E-state index in [-0.39, 0.29) is 24.9 Å². The van der Waals surface area contributed by atoms with Crippen molar-refractivity contribution in [1.82, 2.24) is 4.90 Å². The minimum Gasteiger partial charge on any atom is -0.493 e. The number of likely N-dealkylation sites (N-methyl/N-ethyl adjacent to an activating group) is 1. The Morgan fingerprint density at radius 1 is 1.04 bits per heavy atom. The first-order valence-corrected chi connectivity index (χ1v) is 8.37. The first-order valence-electron chi connectivity index (χ1n) is 8.37. The Hall–Kier alpha value is -2.21. The zero-order valence-electron chi connectivity index (χ0n) is 14.5. The SMILES string of the molecule is CN(CCO)CC(CO)COc1ccc(C(=O)c2ccccc2)cc1. The van der Waals surface area contributed by atoms with Gasteiger partial charge in [0.1, 0.15) is 5.75 Å². The summed E-state index contributed by atoms with van der Waals surface area (Å²) in [6, 6.07) is 16.2. The number of ketones is 1. The fourth-order valence-corrected chi connectivity index (χ4v) is 2.54. The van der Waals surface area contributed by atoms with Gasteiger partial charge in [0.25, 0.3) is 0 Å². The molecule has 1 atom stereocenters. The van der Waals surface area contributed by atoms with E-state index in [0.717, 1.165) is 0 Å². The van der Waals surface area contributed by atoms with Crippen LogP contribution in [0.5, 0.6) is 5.75 Å². The number of nitrogens with zero attached hydrogens (tertiary/aromatic N) is 1. The molecule has 0 saturated heterocycles. The third kappa shape index (κ3) is 5.98. The lowest BCUT2D eigenvalue weighted by Gasteiger charge is -2.22. The van der Waals surface area contributed by atoms with Gasteiger partial charge in [0.15, 0.2) is 5.78 Å².